The summed E-state index contributed by atoms with van der Waals surface area (Å²) in [6.07, 6.45) is 0. The van der Waals surface area contributed by atoms with Crippen LogP contribution >= 0.6 is 0 Å². The van der Waals surface area contributed by atoms with Gasteiger partial charge < -0.3 is 5.32 Å². The molecule has 0 aromatic carbocycles. The molecule has 1 atom stereocenters. The predicted octanol–water partition coefficient (Wildman–Crippen LogP) is 1.05. The zero-order valence-electron chi connectivity index (χ0n) is 9.16. The molecule has 0 aromatic heterocycles. The lowest BCUT2D eigenvalue weighted by atomic mass is 10.1. The van der Waals surface area contributed by atoms with E-state index < -0.39 is 9.84 Å². The normalized spacial score (nSPS) is 15.3. The van der Waals surface area contributed by atoms with Crippen molar-refractivity contribution in [3.8, 4) is 0 Å². The van der Waals surface area contributed by atoms with Crippen molar-refractivity contribution in [2.24, 2.45) is 5.92 Å². The maximum absolute atomic E-state index is 11.8. The zero-order valence-corrected chi connectivity index (χ0v) is 9.98. The fourth-order valence-electron chi connectivity index (χ4n) is 1.28. The molecule has 0 fully saturated rings. The largest absolute Gasteiger partial charge is 0.318 e. The van der Waals surface area contributed by atoms with E-state index in [4.69, 9.17) is 0 Å². The first-order valence-electron chi connectivity index (χ1n) is 4.71. The van der Waals surface area contributed by atoms with Gasteiger partial charge in [0, 0.05) is 6.54 Å². The molecule has 0 spiro atoms. The average Bonchev–Trinajstić information content (AvgIpc) is 1.98. The van der Waals surface area contributed by atoms with E-state index in [0.29, 0.717) is 6.54 Å². The van der Waals surface area contributed by atoms with Crippen LogP contribution in [0, 0.1) is 5.92 Å². The Morgan fingerprint density at radius 1 is 1.15 bits per heavy atom. The maximum atomic E-state index is 11.8. The van der Waals surface area contributed by atoms with Crippen molar-refractivity contribution >= 4 is 9.84 Å². The Balaban J connectivity index is 4.74. The van der Waals surface area contributed by atoms with Gasteiger partial charge in [-0.15, -0.1) is 0 Å². The second-order valence-electron chi connectivity index (χ2n) is 3.98. The molecule has 0 saturated heterocycles. The van der Waals surface area contributed by atoms with E-state index in [0.717, 1.165) is 0 Å². The molecule has 3 nitrogen and oxygen atoms in total. The Labute approximate surface area is 81.8 Å². The minimum Gasteiger partial charge on any atom is -0.318 e. The summed E-state index contributed by atoms with van der Waals surface area (Å²) in [4.78, 5) is 0. The summed E-state index contributed by atoms with van der Waals surface area (Å²) in [6, 6.07) is 0. The van der Waals surface area contributed by atoms with Crippen LogP contribution in [0.25, 0.3) is 0 Å². The average molecular weight is 207 g/mol. The minimum absolute atomic E-state index is 0.167. The van der Waals surface area contributed by atoms with E-state index in [-0.39, 0.29) is 16.4 Å². The monoisotopic (exact) mass is 207 g/mol. The molecular formula is C9H21NO2S. The molecule has 0 aliphatic rings. The number of rotatable bonds is 5. The Kier molecular flexibility index (Phi) is 4.92. The highest BCUT2D eigenvalue weighted by atomic mass is 32.2. The fourth-order valence-corrected chi connectivity index (χ4v) is 3.14. The van der Waals surface area contributed by atoms with Gasteiger partial charge in [0.25, 0.3) is 0 Å². The molecule has 1 N–H and O–H groups in total. The summed E-state index contributed by atoms with van der Waals surface area (Å²) in [6.45, 7) is 7.91. The lowest BCUT2D eigenvalue weighted by molar-refractivity contribution is 0.511. The van der Waals surface area contributed by atoms with Crippen LogP contribution in [0.2, 0.25) is 0 Å². The highest BCUT2D eigenvalue weighted by Gasteiger charge is 2.30. The van der Waals surface area contributed by atoms with Gasteiger partial charge in [-0.2, -0.15) is 0 Å². The van der Waals surface area contributed by atoms with E-state index in [1.807, 2.05) is 13.8 Å². The Morgan fingerprint density at radius 3 is 1.85 bits per heavy atom. The molecule has 0 aliphatic carbocycles. The molecule has 0 saturated carbocycles. The van der Waals surface area contributed by atoms with Crippen molar-refractivity contribution in [3.63, 3.8) is 0 Å². The van der Waals surface area contributed by atoms with E-state index in [2.05, 4.69) is 5.32 Å². The number of nitrogens with one attached hydrogen (secondary N) is 1. The Hall–Kier alpha value is -0.0900. The van der Waals surface area contributed by atoms with Crippen LogP contribution in [0.15, 0.2) is 0 Å². The predicted molar refractivity (Wildman–Crippen MR) is 56.6 cm³/mol. The van der Waals surface area contributed by atoms with Crippen LogP contribution in [0.1, 0.15) is 27.7 Å². The van der Waals surface area contributed by atoms with Gasteiger partial charge in [-0.05, 0) is 26.8 Å². The summed E-state index contributed by atoms with van der Waals surface area (Å²) in [7, 11) is -1.18. The highest BCUT2D eigenvalue weighted by molar-refractivity contribution is 7.92. The third kappa shape index (κ3) is 3.27. The van der Waals surface area contributed by atoms with Crippen molar-refractivity contribution in [2.75, 3.05) is 13.6 Å². The minimum atomic E-state index is -2.96. The fraction of sp³-hybridized carbons (Fsp3) is 1.00. The molecule has 80 valence electrons. The van der Waals surface area contributed by atoms with Crippen molar-refractivity contribution in [1.29, 1.82) is 0 Å². The lowest BCUT2D eigenvalue weighted by Crippen LogP contribution is -2.39. The molecule has 0 heterocycles. The maximum Gasteiger partial charge on any atom is 0.156 e. The SMILES string of the molecule is CNCC(C(C)C)S(=O)(=O)C(C)C. The van der Waals surface area contributed by atoms with E-state index >= 15 is 0 Å². The molecular weight excluding hydrogens is 186 g/mol. The van der Waals surface area contributed by atoms with Crippen molar-refractivity contribution in [3.05, 3.63) is 0 Å². The van der Waals surface area contributed by atoms with Gasteiger partial charge in [0.05, 0.1) is 10.5 Å². The van der Waals surface area contributed by atoms with Gasteiger partial charge in [0.15, 0.2) is 9.84 Å². The van der Waals surface area contributed by atoms with E-state index in [9.17, 15) is 8.42 Å². The second kappa shape index (κ2) is 4.96. The third-order valence-electron chi connectivity index (χ3n) is 2.23. The van der Waals surface area contributed by atoms with Crippen molar-refractivity contribution < 1.29 is 8.42 Å². The summed E-state index contributed by atoms with van der Waals surface area (Å²) in [5, 5.41) is 2.38. The topological polar surface area (TPSA) is 46.2 Å². The Bertz CT molecular complexity index is 232. The molecule has 0 aliphatic heterocycles. The summed E-state index contributed by atoms with van der Waals surface area (Å²) in [5.41, 5.74) is 0. The quantitative estimate of drug-likeness (QED) is 0.733. The van der Waals surface area contributed by atoms with Gasteiger partial charge in [0.1, 0.15) is 0 Å². The van der Waals surface area contributed by atoms with Crippen LogP contribution in [0.4, 0.5) is 0 Å². The van der Waals surface area contributed by atoms with Gasteiger partial charge in [-0.3, -0.25) is 0 Å². The Morgan fingerprint density at radius 2 is 1.62 bits per heavy atom. The molecule has 0 bridgehead atoms. The molecule has 13 heavy (non-hydrogen) atoms. The van der Waals surface area contributed by atoms with Crippen LogP contribution in [0.5, 0.6) is 0 Å². The molecule has 4 heteroatoms. The van der Waals surface area contributed by atoms with Gasteiger partial charge in [-0.25, -0.2) is 8.42 Å². The van der Waals surface area contributed by atoms with Crippen molar-refractivity contribution in [1.82, 2.24) is 5.32 Å². The summed E-state index contributed by atoms with van der Waals surface area (Å²) >= 11 is 0. The molecule has 1 unspecified atom stereocenters. The highest BCUT2D eigenvalue weighted by Crippen LogP contribution is 2.16. The van der Waals surface area contributed by atoms with Crippen LogP contribution in [-0.2, 0) is 9.84 Å². The van der Waals surface area contributed by atoms with Crippen molar-refractivity contribution in [2.45, 2.75) is 38.2 Å². The number of sulfone groups is 1. The molecule has 0 rings (SSSR count). The smallest absolute Gasteiger partial charge is 0.156 e. The van der Waals surface area contributed by atoms with E-state index in [1.54, 1.807) is 20.9 Å². The first-order valence-corrected chi connectivity index (χ1v) is 6.32. The first-order chi connectivity index (χ1) is 5.84. The molecule has 0 aromatic rings. The number of hydrogen-bond acceptors (Lipinski definition) is 3. The van der Waals surface area contributed by atoms with Crippen LogP contribution in [0.3, 0.4) is 0 Å². The third-order valence-corrected chi connectivity index (χ3v) is 5.10. The standard InChI is InChI=1S/C9H21NO2S/c1-7(2)9(6-10-5)13(11,12)8(3)4/h7-10H,6H2,1-5H3. The lowest BCUT2D eigenvalue weighted by Gasteiger charge is -2.22. The first kappa shape index (κ1) is 12.9. The van der Waals surface area contributed by atoms with Gasteiger partial charge in [-0.1, -0.05) is 13.8 Å². The van der Waals surface area contributed by atoms with Gasteiger partial charge >= 0.3 is 0 Å². The van der Waals surface area contributed by atoms with Gasteiger partial charge in [0.2, 0.25) is 0 Å². The van der Waals surface area contributed by atoms with E-state index in [1.165, 1.54) is 0 Å². The zero-order chi connectivity index (χ0) is 10.6. The van der Waals surface area contributed by atoms with Crippen LogP contribution in [-0.4, -0.2) is 32.5 Å². The number of hydrogen-bond donors (Lipinski definition) is 1. The molecule has 0 radical (unpaired) electrons. The second-order valence-corrected chi connectivity index (χ2v) is 6.70. The van der Waals surface area contributed by atoms with Crippen LogP contribution < -0.4 is 5.32 Å². The summed E-state index contributed by atoms with van der Waals surface area (Å²) in [5.74, 6) is 0.167. The molecule has 0 amide bonds. The summed E-state index contributed by atoms with van der Waals surface area (Å²) < 4.78 is 23.6.